The Labute approximate surface area is 90.2 Å². The first-order valence-electron chi connectivity index (χ1n) is 5.49. The quantitative estimate of drug-likeness (QED) is 0.651. The average molecular weight is 213 g/mol. The molecule has 1 heterocycles. The zero-order valence-electron chi connectivity index (χ0n) is 9.21. The molecule has 0 bridgehead atoms. The number of nitrogens with one attached hydrogen (secondary N) is 2. The monoisotopic (exact) mass is 213 g/mol. The SMILES string of the molecule is CCCNC(=O)CN1CCCNCC1=O. The predicted octanol–water partition coefficient (Wildman–Crippen LogP) is -0.665. The van der Waals surface area contributed by atoms with Gasteiger partial charge in [0.2, 0.25) is 11.8 Å². The van der Waals surface area contributed by atoms with E-state index in [1.54, 1.807) is 4.90 Å². The van der Waals surface area contributed by atoms with Gasteiger partial charge >= 0.3 is 0 Å². The number of carbonyl (C=O) groups excluding carboxylic acids is 2. The lowest BCUT2D eigenvalue weighted by molar-refractivity contribution is -0.134. The fourth-order valence-corrected chi connectivity index (χ4v) is 1.49. The van der Waals surface area contributed by atoms with Crippen LogP contribution in [0.15, 0.2) is 0 Å². The van der Waals surface area contributed by atoms with Crippen molar-refractivity contribution in [2.24, 2.45) is 0 Å². The zero-order chi connectivity index (χ0) is 11.1. The molecular formula is C10H19N3O2. The minimum absolute atomic E-state index is 0.0131. The summed E-state index contributed by atoms with van der Waals surface area (Å²) < 4.78 is 0. The van der Waals surface area contributed by atoms with E-state index in [0.717, 1.165) is 19.4 Å². The van der Waals surface area contributed by atoms with E-state index in [9.17, 15) is 9.59 Å². The second kappa shape index (κ2) is 6.40. The van der Waals surface area contributed by atoms with Crippen LogP contribution in [-0.2, 0) is 9.59 Å². The Hall–Kier alpha value is -1.10. The van der Waals surface area contributed by atoms with Gasteiger partial charge in [0.25, 0.3) is 0 Å². The molecule has 5 heteroatoms. The van der Waals surface area contributed by atoms with E-state index in [1.165, 1.54) is 0 Å². The Morgan fingerprint density at radius 2 is 2.40 bits per heavy atom. The summed E-state index contributed by atoms with van der Waals surface area (Å²) in [7, 11) is 0. The van der Waals surface area contributed by atoms with Crippen molar-refractivity contribution in [3.05, 3.63) is 0 Å². The molecule has 0 atom stereocenters. The maximum absolute atomic E-state index is 11.5. The van der Waals surface area contributed by atoms with Crippen molar-refractivity contribution in [3.8, 4) is 0 Å². The minimum atomic E-state index is -0.0629. The Morgan fingerprint density at radius 3 is 3.13 bits per heavy atom. The third kappa shape index (κ3) is 4.29. The average Bonchev–Trinajstić information content (AvgIpc) is 2.42. The highest BCUT2D eigenvalue weighted by Crippen LogP contribution is 1.96. The first-order valence-corrected chi connectivity index (χ1v) is 5.49. The highest BCUT2D eigenvalue weighted by molar-refractivity contribution is 5.85. The maximum atomic E-state index is 11.5. The van der Waals surface area contributed by atoms with E-state index in [1.807, 2.05) is 6.92 Å². The molecule has 1 aliphatic heterocycles. The van der Waals surface area contributed by atoms with Gasteiger partial charge in [0, 0.05) is 13.1 Å². The number of rotatable bonds is 4. The van der Waals surface area contributed by atoms with Gasteiger partial charge in [0.05, 0.1) is 13.1 Å². The molecule has 0 aliphatic carbocycles. The third-order valence-electron chi connectivity index (χ3n) is 2.32. The summed E-state index contributed by atoms with van der Waals surface area (Å²) in [4.78, 5) is 24.5. The number of nitrogens with zero attached hydrogens (tertiary/aromatic N) is 1. The third-order valence-corrected chi connectivity index (χ3v) is 2.32. The molecule has 0 aromatic rings. The number of carbonyl (C=O) groups is 2. The van der Waals surface area contributed by atoms with Crippen LogP contribution in [0.2, 0.25) is 0 Å². The van der Waals surface area contributed by atoms with E-state index in [0.29, 0.717) is 19.6 Å². The minimum Gasteiger partial charge on any atom is -0.355 e. The molecule has 5 nitrogen and oxygen atoms in total. The normalized spacial score (nSPS) is 17.4. The lowest BCUT2D eigenvalue weighted by atomic mass is 10.3. The molecular weight excluding hydrogens is 194 g/mol. The van der Waals surface area contributed by atoms with Gasteiger partial charge in [-0.05, 0) is 19.4 Å². The van der Waals surface area contributed by atoms with Gasteiger partial charge in [-0.25, -0.2) is 0 Å². The number of amides is 2. The van der Waals surface area contributed by atoms with Gasteiger partial charge in [-0.1, -0.05) is 6.92 Å². The number of hydrogen-bond acceptors (Lipinski definition) is 3. The second-order valence-electron chi connectivity index (χ2n) is 3.70. The smallest absolute Gasteiger partial charge is 0.239 e. The molecule has 1 aliphatic rings. The lowest BCUT2D eigenvalue weighted by Gasteiger charge is -2.19. The van der Waals surface area contributed by atoms with Crippen LogP contribution < -0.4 is 10.6 Å². The summed E-state index contributed by atoms with van der Waals surface area (Å²) in [5, 5.41) is 5.79. The molecule has 2 N–H and O–H groups in total. The molecule has 0 spiro atoms. The van der Waals surface area contributed by atoms with E-state index in [-0.39, 0.29) is 18.4 Å². The summed E-state index contributed by atoms with van der Waals surface area (Å²) in [6, 6.07) is 0. The van der Waals surface area contributed by atoms with Crippen molar-refractivity contribution in [1.29, 1.82) is 0 Å². The van der Waals surface area contributed by atoms with Crippen molar-refractivity contribution in [2.45, 2.75) is 19.8 Å². The van der Waals surface area contributed by atoms with Crippen LogP contribution in [-0.4, -0.2) is 49.4 Å². The standard InChI is InChI=1S/C10H19N3O2/c1-2-4-12-9(14)8-13-6-3-5-11-7-10(13)15/h11H,2-8H2,1H3,(H,12,14). The molecule has 1 rings (SSSR count). The van der Waals surface area contributed by atoms with E-state index in [2.05, 4.69) is 10.6 Å². The van der Waals surface area contributed by atoms with Crippen LogP contribution in [0.5, 0.6) is 0 Å². The number of hydrogen-bond donors (Lipinski definition) is 2. The lowest BCUT2D eigenvalue weighted by Crippen LogP contribution is -2.42. The second-order valence-corrected chi connectivity index (χ2v) is 3.70. The van der Waals surface area contributed by atoms with Gasteiger partial charge in [-0.15, -0.1) is 0 Å². The van der Waals surface area contributed by atoms with Crippen molar-refractivity contribution in [2.75, 3.05) is 32.7 Å². The van der Waals surface area contributed by atoms with Gasteiger partial charge in [0.15, 0.2) is 0 Å². The van der Waals surface area contributed by atoms with Crippen LogP contribution in [0, 0.1) is 0 Å². The van der Waals surface area contributed by atoms with Crippen LogP contribution in [0.25, 0.3) is 0 Å². The fourth-order valence-electron chi connectivity index (χ4n) is 1.49. The van der Waals surface area contributed by atoms with Crippen molar-refractivity contribution in [3.63, 3.8) is 0 Å². The first-order chi connectivity index (χ1) is 7.24. The highest BCUT2D eigenvalue weighted by atomic mass is 16.2. The maximum Gasteiger partial charge on any atom is 0.239 e. The van der Waals surface area contributed by atoms with Crippen LogP contribution >= 0.6 is 0 Å². The first kappa shape index (κ1) is 12.0. The topological polar surface area (TPSA) is 61.4 Å². The molecule has 0 aromatic heterocycles. The van der Waals surface area contributed by atoms with E-state index >= 15 is 0 Å². The van der Waals surface area contributed by atoms with Crippen molar-refractivity contribution in [1.82, 2.24) is 15.5 Å². The molecule has 1 fully saturated rings. The van der Waals surface area contributed by atoms with Gasteiger partial charge < -0.3 is 15.5 Å². The summed E-state index contributed by atoms with van der Waals surface area (Å²) in [5.74, 6) is -0.0498. The molecule has 0 radical (unpaired) electrons. The Kier molecular flexibility index (Phi) is 5.10. The van der Waals surface area contributed by atoms with Crippen molar-refractivity contribution < 1.29 is 9.59 Å². The molecule has 0 aromatic carbocycles. The summed E-state index contributed by atoms with van der Waals surface area (Å²) in [6.45, 7) is 4.74. The van der Waals surface area contributed by atoms with Crippen LogP contribution in [0.1, 0.15) is 19.8 Å². The Bertz CT molecular complexity index is 231. The summed E-state index contributed by atoms with van der Waals surface area (Å²) >= 11 is 0. The molecule has 1 saturated heterocycles. The molecule has 0 unspecified atom stereocenters. The zero-order valence-corrected chi connectivity index (χ0v) is 9.21. The molecule has 86 valence electrons. The Morgan fingerprint density at radius 1 is 1.60 bits per heavy atom. The van der Waals surface area contributed by atoms with E-state index in [4.69, 9.17) is 0 Å². The van der Waals surface area contributed by atoms with Gasteiger partial charge in [-0.2, -0.15) is 0 Å². The van der Waals surface area contributed by atoms with E-state index < -0.39 is 0 Å². The van der Waals surface area contributed by atoms with Gasteiger partial charge in [0.1, 0.15) is 0 Å². The summed E-state index contributed by atoms with van der Waals surface area (Å²) in [5.41, 5.74) is 0. The largest absolute Gasteiger partial charge is 0.355 e. The predicted molar refractivity (Wildman–Crippen MR) is 57.4 cm³/mol. The molecule has 15 heavy (non-hydrogen) atoms. The highest BCUT2D eigenvalue weighted by Gasteiger charge is 2.18. The van der Waals surface area contributed by atoms with Crippen LogP contribution in [0.3, 0.4) is 0 Å². The van der Waals surface area contributed by atoms with Gasteiger partial charge in [-0.3, -0.25) is 9.59 Å². The Balaban J connectivity index is 2.34. The van der Waals surface area contributed by atoms with Crippen molar-refractivity contribution >= 4 is 11.8 Å². The fraction of sp³-hybridized carbons (Fsp3) is 0.800. The molecule has 2 amide bonds. The van der Waals surface area contributed by atoms with Crippen LogP contribution in [0.4, 0.5) is 0 Å². The molecule has 0 saturated carbocycles. The summed E-state index contributed by atoms with van der Waals surface area (Å²) in [6.07, 6.45) is 1.83.